The summed E-state index contributed by atoms with van der Waals surface area (Å²) in [5.41, 5.74) is 0. The maximum absolute atomic E-state index is 5.56. The Balaban J connectivity index is 1.34. The first-order chi connectivity index (χ1) is 11.6. The highest BCUT2D eigenvalue weighted by Gasteiger charge is 2.32. The Morgan fingerprint density at radius 3 is 2.12 bits per heavy atom. The van der Waals surface area contributed by atoms with E-state index in [1.165, 1.54) is 12.8 Å². The molecule has 0 radical (unpaired) electrons. The summed E-state index contributed by atoms with van der Waals surface area (Å²) >= 11 is 0. The predicted octanol–water partition coefficient (Wildman–Crippen LogP) is 2.08. The molecule has 2 aliphatic rings. The Hall–Kier alpha value is -1.80. The van der Waals surface area contributed by atoms with Gasteiger partial charge in [-0.05, 0) is 26.7 Å². The van der Waals surface area contributed by atoms with Crippen LogP contribution in [0.4, 0.5) is 0 Å². The van der Waals surface area contributed by atoms with Crippen LogP contribution in [0.2, 0.25) is 0 Å². The number of hydrogen-bond acceptors (Lipinski definition) is 8. The first-order valence-electron chi connectivity index (χ1n) is 8.73. The van der Waals surface area contributed by atoms with Crippen molar-refractivity contribution in [3.8, 4) is 0 Å². The van der Waals surface area contributed by atoms with Crippen molar-refractivity contribution in [1.82, 2.24) is 30.1 Å². The van der Waals surface area contributed by atoms with Gasteiger partial charge < -0.3 is 8.94 Å². The van der Waals surface area contributed by atoms with Crippen LogP contribution in [0.1, 0.15) is 68.2 Å². The number of aromatic nitrogens is 4. The summed E-state index contributed by atoms with van der Waals surface area (Å²) in [5, 5.41) is 12.2. The third-order valence-electron chi connectivity index (χ3n) is 5.10. The van der Waals surface area contributed by atoms with E-state index in [9.17, 15) is 0 Å². The van der Waals surface area contributed by atoms with Crippen molar-refractivity contribution in [2.24, 2.45) is 0 Å². The molecule has 2 fully saturated rings. The van der Waals surface area contributed by atoms with Crippen LogP contribution < -0.4 is 0 Å². The molecule has 3 heterocycles. The van der Waals surface area contributed by atoms with Gasteiger partial charge in [-0.15, -0.1) is 10.2 Å². The molecule has 0 N–H and O–H groups in total. The van der Waals surface area contributed by atoms with E-state index in [0.717, 1.165) is 37.9 Å². The van der Waals surface area contributed by atoms with Gasteiger partial charge in [-0.25, -0.2) is 0 Å². The second kappa shape index (κ2) is 6.25. The van der Waals surface area contributed by atoms with Crippen molar-refractivity contribution >= 4 is 0 Å². The number of nitrogens with zero attached hydrogens (tertiary/aromatic N) is 6. The zero-order valence-corrected chi connectivity index (χ0v) is 14.5. The lowest BCUT2D eigenvalue weighted by atomic mass is 10.2. The predicted molar refractivity (Wildman–Crippen MR) is 85.3 cm³/mol. The smallest absolute Gasteiger partial charge is 0.243 e. The summed E-state index contributed by atoms with van der Waals surface area (Å²) in [6.07, 6.45) is 2.39. The van der Waals surface area contributed by atoms with Gasteiger partial charge in [0, 0.05) is 39.0 Å². The lowest BCUT2D eigenvalue weighted by molar-refractivity contribution is 0.0603. The van der Waals surface area contributed by atoms with Crippen molar-refractivity contribution < 1.29 is 8.94 Å². The Morgan fingerprint density at radius 1 is 0.958 bits per heavy atom. The number of piperazine rings is 1. The highest BCUT2D eigenvalue weighted by Crippen LogP contribution is 2.38. The Morgan fingerprint density at radius 2 is 1.58 bits per heavy atom. The quantitative estimate of drug-likeness (QED) is 0.823. The standard InChI is InChI=1S/C16H24N6O2/c1-10(15-17-14(20-24-15)13-4-5-13)21-6-8-22(9-7-21)11(2)16-19-18-12(3)23-16/h10-11,13H,4-9H2,1-3H3. The normalized spacial score (nSPS) is 22.6. The first kappa shape index (κ1) is 15.7. The van der Waals surface area contributed by atoms with E-state index in [2.05, 4.69) is 44.0 Å². The molecule has 2 aromatic rings. The van der Waals surface area contributed by atoms with Crippen LogP contribution >= 0.6 is 0 Å². The number of rotatable bonds is 5. The molecule has 0 bridgehead atoms. The van der Waals surface area contributed by atoms with E-state index in [4.69, 9.17) is 8.94 Å². The molecule has 1 aliphatic heterocycles. The lowest BCUT2D eigenvalue weighted by Crippen LogP contribution is -2.47. The van der Waals surface area contributed by atoms with Gasteiger partial charge in [0.15, 0.2) is 5.82 Å². The topological polar surface area (TPSA) is 84.3 Å². The van der Waals surface area contributed by atoms with E-state index >= 15 is 0 Å². The molecule has 4 rings (SSSR count). The molecule has 2 aromatic heterocycles. The fraction of sp³-hybridized carbons (Fsp3) is 0.750. The Labute approximate surface area is 141 Å². The van der Waals surface area contributed by atoms with E-state index in [1.807, 2.05) is 6.92 Å². The molecule has 8 heteroatoms. The van der Waals surface area contributed by atoms with E-state index < -0.39 is 0 Å². The lowest BCUT2D eigenvalue weighted by Gasteiger charge is -2.38. The van der Waals surface area contributed by atoms with Crippen LogP contribution in [-0.4, -0.2) is 56.3 Å². The molecule has 0 spiro atoms. The molecule has 1 aliphatic carbocycles. The molecule has 0 amide bonds. The summed E-state index contributed by atoms with van der Waals surface area (Å²) in [5.74, 6) is 3.47. The fourth-order valence-corrected chi connectivity index (χ4v) is 3.23. The molecule has 130 valence electrons. The molecule has 2 atom stereocenters. The monoisotopic (exact) mass is 332 g/mol. The largest absolute Gasteiger partial charge is 0.424 e. The SMILES string of the molecule is Cc1nnc(C(C)N2CCN(C(C)c3nc(C4CC4)no3)CC2)o1. The molecular formula is C16H24N6O2. The van der Waals surface area contributed by atoms with E-state index in [1.54, 1.807) is 0 Å². The van der Waals surface area contributed by atoms with Crippen LogP contribution in [0.3, 0.4) is 0 Å². The van der Waals surface area contributed by atoms with Crippen LogP contribution in [0.5, 0.6) is 0 Å². The van der Waals surface area contributed by atoms with Crippen molar-refractivity contribution in [3.63, 3.8) is 0 Å². The molecule has 0 aromatic carbocycles. The van der Waals surface area contributed by atoms with Crippen LogP contribution in [-0.2, 0) is 0 Å². The number of hydrogen-bond donors (Lipinski definition) is 0. The average molecular weight is 332 g/mol. The highest BCUT2D eigenvalue weighted by molar-refractivity contribution is 5.05. The summed E-state index contributed by atoms with van der Waals surface area (Å²) in [7, 11) is 0. The molecule has 1 saturated heterocycles. The summed E-state index contributed by atoms with van der Waals surface area (Å²) in [4.78, 5) is 9.36. The van der Waals surface area contributed by atoms with Crippen LogP contribution in [0.25, 0.3) is 0 Å². The fourth-order valence-electron chi connectivity index (χ4n) is 3.23. The Bertz CT molecular complexity index is 686. The minimum absolute atomic E-state index is 0.147. The van der Waals surface area contributed by atoms with Gasteiger partial charge in [0.25, 0.3) is 0 Å². The minimum Gasteiger partial charge on any atom is -0.424 e. The van der Waals surface area contributed by atoms with Crippen molar-refractivity contribution in [3.05, 3.63) is 23.5 Å². The zero-order chi connectivity index (χ0) is 16.7. The van der Waals surface area contributed by atoms with Crippen molar-refractivity contribution in [2.75, 3.05) is 26.2 Å². The Kier molecular flexibility index (Phi) is 4.09. The molecule has 8 nitrogen and oxygen atoms in total. The summed E-state index contributed by atoms with van der Waals surface area (Å²) in [6.45, 7) is 9.91. The van der Waals surface area contributed by atoms with Gasteiger partial charge in [0.05, 0.1) is 12.1 Å². The van der Waals surface area contributed by atoms with Crippen molar-refractivity contribution in [1.29, 1.82) is 0 Å². The molecular weight excluding hydrogens is 308 g/mol. The third kappa shape index (κ3) is 3.08. The zero-order valence-electron chi connectivity index (χ0n) is 14.5. The highest BCUT2D eigenvalue weighted by atomic mass is 16.5. The van der Waals surface area contributed by atoms with Crippen LogP contribution in [0.15, 0.2) is 8.94 Å². The van der Waals surface area contributed by atoms with Gasteiger partial charge in [-0.1, -0.05) is 5.16 Å². The number of aryl methyl sites for hydroxylation is 1. The maximum Gasteiger partial charge on any atom is 0.243 e. The summed E-state index contributed by atoms with van der Waals surface area (Å²) < 4.78 is 11.0. The van der Waals surface area contributed by atoms with Gasteiger partial charge in [0.2, 0.25) is 17.7 Å². The van der Waals surface area contributed by atoms with E-state index in [0.29, 0.717) is 17.7 Å². The molecule has 1 saturated carbocycles. The second-order valence-electron chi connectivity index (χ2n) is 6.85. The van der Waals surface area contributed by atoms with Crippen molar-refractivity contribution in [2.45, 2.75) is 51.6 Å². The van der Waals surface area contributed by atoms with Gasteiger partial charge in [-0.2, -0.15) is 4.98 Å². The first-order valence-corrected chi connectivity index (χ1v) is 8.73. The average Bonchev–Trinajstić information content (AvgIpc) is 3.17. The third-order valence-corrected chi connectivity index (χ3v) is 5.10. The van der Waals surface area contributed by atoms with Gasteiger partial charge in [-0.3, -0.25) is 9.80 Å². The maximum atomic E-state index is 5.56. The van der Waals surface area contributed by atoms with Gasteiger partial charge >= 0.3 is 0 Å². The summed E-state index contributed by atoms with van der Waals surface area (Å²) in [6, 6.07) is 0.307. The van der Waals surface area contributed by atoms with Gasteiger partial charge in [0.1, 0.15) is 0 Å². The van der Waals surface area contributed by atoms with Crippen LogP contribution in [0, 0.1) is 6.92 Å². The minimum atomic E-state index is 0.147. The molecule has 24 heavy (non-hydrogen) atoms. The second-order valence-corrected chi connectivity index (χ2v) is 6.85. The van der Waals surface area contributed by atoms with E-state index in [-0.39, 0.29) is 12.1 Å². The molecule has 2 unspecified atom stereocenters.